The second kappa shape index (κ2) is 7.24. The molecule has 3 rings (SSSR count). The van der Waals surface area contributed by atoms with E-state index in [0.717, 1.165) is 6.07 Å². The molecule has 1 aromatic heterocycles. The third-order valence-corrected chi connectivity index (χ3v) is 4.63. The zero-order valence-electron chi connectivity index (χ0n) is 13.5. The number of aromatic amines is 1. The molecule has 0 amide bonds. The van der Waals surface area contributed by atoms with Crippen molar-refractivity contribution in [3.63, 3.8) is 0 Å². The Labute approximate surface area is 151 Å². The summed E-state index contributed by atoms with van der Waals surface area (Å²) in [5.74, 6) is -0.915. The summed E-state index contributed by atoms with van der Waals surface area (Å²) >= 11 is 5.98. The van der Waals surface area contributed by atoms with Gasteiger partial charge >= 0.3 is 6.18 Å². The number of H-pyrrole nitrogens is 1. The molecule has 0 radical (unpaired) electrons. The average Bonchev–Trinajstić information content (AvgIpc) is 2.59. The molecule has 0 spiro atoms. The summed E-state index contributed by atoms with van der Waals surface area (Å²) in [4.78, 5) is 15.2. The maximum Gasteiger partial charge on any atom is 0.416 e. The van der Waals surface area contributed by atoms with E-state index in [9.17, 15) is 22.4 Å². The molecule has 0 saturated carbocycles. The fourth-order valence-corrected chi connectivity index (χ4v) is 3.14. The number of alkyl halides is 3. The highest BCUT2D eigenvalue weighted by Gasteiger charge is 2.34. The van der Waals surface area contributed by atoms with Crippen LogP contribution in [0.1, 0.15) is 11.1 Å². The van der Waals surface area contributed by atoms with Crippen molar-refractivity contribution in [1.82, 2.24) is 15.1 Å². The molecule has 140 valence electrons. The molecule has 0 atom stereocenters. The first-order valence-corrected chi connectivity index (χ1v) is 8.19. The predicted molar refractivity (Wildman–Crippen MR) is 88.8 cm³/mol. The molecule has 2 heterocycles. The first-order chi connectivity index (χ1) is 12.3. The number of piperazine rings is 1. The topological polar surface area (TPSA) is 52.2 Å². The summed E-state index contributed by atoms with van der Waals surface area (Å²) in [5, 5.41) is 5.98. The van der Waals surface area contributed by atoms with Gasteiger partial charge in [0.05, 0.1) is 17.4 Å². The normalized spacial score (nSPS) is 16.1. The minimum absolute atomic E-state index is 0.0307. The van der Waals surface area contributed by atoms with E-state index < -0.39 is 23.1 Å². The van der Waals surface area contributed by atoms with Crippen molar-refractivity contribution in [3.05, 3.63) is 56.7 Å². The Balaban J connectivity index is 1.70. The fourth-order valence-electron chi connectivity index (χ4n) is 2.93. The molecule has 1 aliphatic heterocycles. The first kappa shape index (κ1) is 18.7. The van der Waals surface area contributed by atoms with Gasteiger partial charge in [-0.15, -0.1) is 0 Å². The molecule has 0 aliphatic carbocycles. The molecule has 1 fully saturated rings. The summed E-state index contributed by atoms with van der Waals surface area (Å²) in [5.41, 5.74) is -0.925. The fraction of sp³-hybridized carbons (Fsp3) is 0.375. The van der Waals surface area contributed by atoms with Gasteiger partial charge in [-0.05, 0) is 17.7 Å². The standard InChI is InChI=1S/C16H15ClF4N4O/c17-14-13(8-22-23-15(14)26)25-5-3-24(4-6-25)9-10-1-2-11(18)7-12(10)16(19,20)21/h1-2,7-8H,3-6,9H2,(H,23,26). The number of hydrogen-bond donors (Lipinski definition) is 1. The van der Waals surface area contributed by atoms with Crippen LogP contribution in [-0.2, 0) is 12.7 Å². The predicted octanol–water partition coefficient (Wildman–Crippen LogP) is 2.90. The van der Waals surface area contributed by atoms with Crippen molar-refractivity contribution in [2.24, 2.45) is 0 Å². The number of halogens is 5. The molecule has 5 nitrogen and oxygen atoms in total. The van der Waals surface area contributed by atoms with Crippen LogP contribution < -0.4 is 10.5 Å². The van der Waals surface area contributed by atoms with Gasteiger partial charge in [-0.1, -0.05) is 17.7 Å². The average molecular weight is 391 g/mol. The lowest BCUT2D eigenvalue weighted by Crippen LogP contribution is -2.46. The summed E-state index contributed by atoms with van der Waals surface area (Å²) in [6, 6.07) is 2.72. The molecule has 1 aliphatic rings. The van der Waals surface area contributed by atoms with E-state index in [0.29, 0.717) is 37.9 Å². The summed E-state index contributed by atoms with van der Waals surface area (Å²) in [7, 11) is 0. The minimum Gasteiger partial charge on any atom is -0.366 e. The van der Waals surface area contributed by atoms with Gasteiger partial charge in [0, 0.05) is 32.7 Å². The van der Waals surface area contributed by atoms with Crippen molar-refractivity contribution in [3.8, 4) is 0 Å². The summed E-state index contributed by atoms with van der Waals surface area (Å²) < 4.78 is 52.5. The highest BCUT2D eigenvalue weighted by Crippen LogP contribution is 2.33. The van der Waals surface area contributed by atoms with Gasteiger partial charge in [-0.3, -0.25) is 9.69 Å². The van der Waals surface area contributed by atoms with Gasteiger partial charge in [-0.25, -0.2) is 9.49 Å². The van der Waals surface area contributed by atoms with Crippen LogP contribution in [0, 0.1) is 5.82 Å². The van der Waals surface area contributed by atoms with E-state index >= 15 is 0 Å². The molecule has 0 unspecified atom stereocenters. The van der Waals surface area contributed by atoms with E-state index in [-0.39, 0.29) is 17.1 Å². The number of nitrogens with zero attached hydrogens (tertiary/aromatic N) is 3. The maximum atomic E-state index is 13.2. The first-order valence-electron chi connectivity index (χ1n) is 7.82. The third kappa shape index (κ3) is 3.99. The zero-order chi connectivity index (χ0) is 18.9. The molecule has 0 bridgehead atoms. The van der Waals surface area contributed by atoms with Crippen LogP contribution in [0.3, 0.4) is 0 Å². The van der Waals surface area contributed by atoms with Crippen molar-refractivity contribution in [2.75, 3.05) is 31.1 Å². The Bertz CT molecular complexity index is 847. The number of nitrogens with one attached hydrogen (secondary N) is 1. The Morgan fingerprint density at radius 1 is 1.19 bits per heavy atom. The Morgan fingerprint density at radius 3 is 2.54 bits per heavy atom. The van der Waals surface area contributed by atoms with Crippen LogP contribution in [0.5, 0.6) is 0 Å². The molecule has 1 N–H and O–H groups in total. The second-order valence-corrected chi connectivity index (χ2v) is 6.34. The molecular formula is C16H15ClF4N4O. The quantitative estimate of drug-likeness (QED) is 0.819. The van der Waals surface area contributed by atoms with Gasteiger partial charge in [0.2, 0.25) is 0 Å². The van der Waals surface area contributed by atoms with Crippen LogP contribution in [-0.4, -0.2) is 41.3 Å². The highest BCUT2D eigenvalue weighted by molar-refractivity contribution is 6.32. The summed E-state index contributed by atoms with van der Waals surface area (Å²) in [6.45, 7) is 1.96. The smallest absolute Gasteiger partial charge is 0.366 e. The van der Waals surface area contributed by atoms with Gasteiger partial charge in [-0.2, -0.15) is 18.3 Å². The number of rotatable bonds is 3. The zero-order valence-corrected chi connectivity index (χ0v) is 14.2. The van der Waals surface area contributed by atoms with Crippen LogP contribution in [0.2, 0.25) is 5.02 Å². The van der Waals surface area contributed by atoms with E-state index in [1.165, 1.54) is 12.3 Å². The lowest BCUT2D eigenvalue weighted by Gasteiger charge is -2.36. The summed E-state index contributed by atoms with van der Waals surface area (Å²) in [6.07, 6.45) is -3.16. The lowest BCUT2D eigenvalue weighted by atomic mass is 10.1. The highest BCUT2D eigenvalue weighted by atomic mass is 35.5. The Morgan fingerprint density at radius 2 is 1.88 bits per heavy atom. The number of benzene rings is 1. The third-order valence-electron chi connectivity index (χ3n) is 4.26. The van der Waals surface area contributed by atoms with Crippen molar-refractivity contribution in [2.45, 2.75) is 12.7 Å². The van der Waals surface area contributed by atoms with E-state index in [2.05, 4.69) is 10.2 Å². The number of anilines is 1. The van der Waals surface area contributed by atoms with Crippen LogP contribution in [0.4, 0.5) is 23.2 Å². The minimum atomic E-state index is -4.61. The van der Waals surface area contributed by atoms with Crippen LogP contribution in [0.25, 0.3) is 0 Å². The van der Waals surface area contributed by atoms with E-state index in [4.69, 9.17) is 11.6 Å². The van der Waals surface area contributed by atoms with Gasteiger partial charge in [0.15, 0.2) is 0 Å². The van der Waals surface area contributed by atoms with Crippen LogP contribution >= 0.6 is 11.6 Å². The molecule has 1 aromatic carbocycles. The molecule has 26 heavy (non-hydrogen) atoms. The largest absolute Gasteiger partial charge is 0.416 e. The Hall–Kier alpha value is -2.13. The van der Waals surface area contributed by atoms with Crippen LogP contribution in [0.15, 0.2) is 29.2 Å². The number of aromatic nitrogens is 2. The monoisotopic (exact) mass is 390 g/mol. The van der Waals surface area contributed by atoms with Gasteiger partial charge < -0.3 is 4.90 Å². The Kier molecular flexibility index (Phi) is 5.19. The maximum absolute atomic E-state index is 13.2. The molecule has 1 saturated heterocycles. The number of hydrogen-bond acceptors (Lipinski definition) is 4. The molecule has 10 heteroatoms. The van der Waals surface area contributed by atoms with E-state index in [1.54, 1.807) is 0 Å². The van der Waals surface area contributed by atoms with Crippen molar-refractivity contribution in [1.29, 1.82) is 0 Å². The second-order valence-electron chi connectivity index (χ2n) is 5.96. The molecule has 2 aromatic rings. The van der Waals surface area contributed by atoms with Gasteiger partial charge in [0.1, 0.15) is 10.8 Å². The van der Waals surface area contributed by atoms with Crippen molar-refractivity contribution >= 4 is 17.3 Å². The van der Waals surface area contributed by atoms with Crippen molar-refractivity contribution < 1.29 is 17.6 Å². The molecular weight excluding hydrogens is 376 g/mol. The van der Waals surface area contributed by atoms with Gasteiger partial charge in [0.25, 0.3) is 5.56 Å². The SMILES string of the molecule is O=c1[nH]ncc(N2CCN(Cc3ccc(F)cc3C(F)(F)F)CC2)c1Cl. The van der Waals surface area contributed by atoms with E-state index in [1.807, 2.05) is 9.80 Å². The lowest BCUT2D eigenvalue weighted by molar-refractivity contribution is -0.138.